The molecule has 0 saturated carbocycles. The summed E-state index contributed by atoms with van der Waals surface area (Å²) in [6.45, 7) is 0.290. The fourth-order valence-electron chi connectivity index (χ4n) is 3.17. The lowest BCUT2D eigenvalue weighted by Crippen LogP contribution is -2.43. The Morgan fingerprint density at radius 3 is 2.61 bits per heavy atom. The molecule has 1 aliphatic rings. The smallest absolute Gasteiger partial charge is 0.244 e. The number of sulfonamides is 1. The van der Waals surface area contributed by atoms with Crippen molar-refractivity contribution in [3.05, 3.63) is 52.5 Å². The first-order chi connectivity index (χ1) is 13.3. The quantitative estimate of drug-likeness (QED) is 0.632. The predicted octanol–water partition coefficient (Wildman–Crippen LogP) is 4.39. The zero-order chi connectivity index (χ0) is 19.9. The summed E-state index contributed by atoms with van der Waals surface area (Å²) >= 11 is 13.1. The Morgan fingerprint density at radius 2 is 1.86 bits per heavy atom. The molecule has 28 heavy (non-hydrogen) atoms. The summed E-state index contributed by atoms with van der Waals surface area (Å²) in [5, 5.41) is 4.21. The van der Waals surface area contributed by atoms with Crippen LogP contribution in [0.5, 0.6) is 0 Å². The van der Waals surface area contributed by atoms with Crippen molar-refractivity contribution in [1.29, 1.82) is 0 Å². The largest absolute Gasteiger partial charge is 0.301 e. The number of fused-ring (bicyclic) bond motifs is 1. The van der Waals surface area contributed by atoms with Gasteiger partial charge in [0.1, 0.15) is 6.04 Å². The van der Waals surface area contributed by atoms with Crippen molar-refractivity contribution in [2.24, 2.45) is 0 Å². The number of aromatic nitrogens is 1. The minimum atomic E-state index is -3.79. The third-order valence-corrected chi connectivity index (χ3v) is 7.85. The van der Waals surface area contributed by atoms with E-state index in [0.717, 1.165) is 10.2 Å². The van der Waals surface area contributed by atoms with Gasteiger partial charge in [-0.2, -0.15) is 4.31 Å². The number of benzene rings is 2. The summed E-state index contributed by atoms with van der Waals surface area (Å²) in [6, 6.07) is 10.4. The number of carbonyl (C=O) groups excluding carboxylic acids is 1. The first-order valence-corrected chi connectivity index (χ1v) is 11.5. The first-order valence-electron chi connectivity index (χ1n) is 8.49. The molecule has 146 valence electrons. The van der Waals surface area contributed by atoms with Crippen molar-refractivity contribution in [3.63, 3.8) is 0 Å². The van der Waals surface area contributed by atoms with Crippen molar-refractivity contribution in [1.82, 2.24) is 9.29 Å². The van der Waals surface area contributed by atoms with Gasteiger partial charge >= 0.3 is 0 Å². The van der Waals surface area contributed by atoms with Crippen LogP contribution in [0.25, 0.3) is 10.2 Å². The standard InChI is InChI=1S/C18H15Cl2N3O3S2/c19-11-3-6-13(7-4-11)28(25,26)23-9-1-2-15(23)17(24)22-18-21-14-8-5-12(20)10-16(14)27-18/h3-8,10,15H,1-2,9H2,(H,21,22,24). The monoisotopic (exact) mass is 455 g/mol. The maximum Gasteiger partial charge on any atom is 0.244 e. The molecule has 4 rings (SSSR count). The van der Waals surface area contributed by atoms with E-state index < -0.39 is 16.1 Å². The summed E-state index contributed by atoms with van der Waals surface area (Å²) < 4.78 is 28.0. The molecule has 0 radical (unpaired) electrons. The number of rotatable bonds is 4. The van der Waals surface area contributed by atoms with Gasteiger partial charge in [-0.15, -0.1) is 0 Å². The molecule has 2 heterocycles. The molecule has 1 fully saturated rings. The molecule has 1 unspecified atom stereocenters. The molecule has 1 aromatic heterocycles. The summed E-state index contributed by atoms with van der Waals surface area (Å²) in [7, 11) is -3.79. The molecule has 10 heteroatoms. The Balaban J connectivity index is 1.56. The molecule has 0 aliphatic carbocycles. The molecule has 0 bridgehead atoms. The van der Waals surface area contributed by atoms with Crippen molar-refractivity contribution in [3.8, 4) is 0 Å². The molecule has 1 atom stereocenters. The van der Waals surface area contributed by atoms with Gasteiger partial charge in [0.15, 0.2) is 5.13 Å². The van der Waals surface area contributed by atoms with Crippen molar-refractivity contribution >= 4 is 65.8 Å². The number of halogens is 2. The molecule has 2 aromatic carbocycles. The van der Waals surface area contributed by atoms with Crippen LogP contribution >= 0.6 is 34.5 Å². The molecule has 3 aromatic rings. The van der Waals surface area contributed by atoms with Crippen LogP contribution in [-0.2, 0) is 14.8 Å². The summed E-state index contributed by atoms with van der Waals surface area (Å²) in [6.07, 6.45) is 1.07. The number of anilines is 1. The molecule has 6 nitrogen and oxygen atoms in total. The van der Waals surface area contributed by atoms with Gasteiger partial charge in [0, 0.05) is 16.6 Å². The van der Waals surface area contributed by atoms with Gasteiger partial charge in [0.2, 0.25) is 15.9 Å². The Hall–Kier alpha value is -1.71. The lowest BCUT2D eigenvalue weighted by Gasteiger charge is -2.23. The van der Waals surface area contributed by atoms with Crippen LogP contribution in [0, 0.1) is 0 Å². The Kier molecular flexibility index (Phi) is 5.32. The first kappa shape index (κ1) is 19.6. The van der Waals surface area contributed by atoms with Crippen LogP contribution in [0.4, 0.5) is 5.13 Å². The SMILES string of the molecule is O=C(Nc1nc2ccc(Cl)cc2s1)C1CCCN1S(=O)(=O)c1ccc(Cl)cc1. The maximum atomic E-state index is 13.0. The second kappa shape index (κ2) is 7.61. The van der Waals surface area contributed by atoms with Crippen molar-refractivity contribution < 1.29 is 13.2 Å². The van der Waals surface area contributed by atoms with E-state index in [1.807, 2.05) is 0 Å². The average molecular weight is 456 g/mol. The predicted molar refractivity (Wildman–Crippen MR) is 112 cm³/mol. The van der Waals surface area contributed by atoms with Crippen LogP contribution in [0.15, 0.2) is 47.4 Å². The number of nitrogens with one attached hydrogen (secondary N) is 1. The fourth-order valence-corrected chi connectivity index (χ4v) is 6.10. The van der Waals surface area contributed by atoms with Crippen LogP contribution < -0.4 is 5.32 Å². The van der Waals surface area contributed by atoms with E-state index in [9.17, 15) is 13.2 Å². The lowest BCUT2D eigenvalue weighted by atomic mass is 10.2. The molecular weight excluding hydrogens is 441 g/mol. The van der Waals surface area contributed by atoms with Gasteiger partial charge in [0.25, 0.3) is 0 Å². The normalized spacial score (nSPS) is 17.9. The number of amides is 1. The Labute approximate surface area is 176 Å². The highest BCUT2D eigenvalue weighted by Gasteiger charge is 2.39. The van der Waals surface area contributed by atoms with E-state index in [2.05, 4.69) is 10.3 Å². The van der Waals surface area contributed by atoms with Gasteiger partial charge < -0.3 is 5.32 Å². The van der Waals surface area contributed by atoms with Crippen LogP contribution in [0.1, 0.15) is 12.8 Å². The van der Waals surface area contributed by atoms with Crippen LogP contribution in [0.3, 0.4) is 0 Å². The average Bonchev–Trinajstić information content (AvgIpc) is 3.28. The van der Waals surface area contributed by atoms with Gasteiger partial charge in [-0.25, -0.2) is 13.4 Å². The van der Waals surface area contributed by atoms with Gasteiger partial charge in [-0.3, -0.25) is 4.79 Å². The third-order valence-electron chi connectivity index (χ3n) is 4.51. The van der Waals surface area contributed by atoms with Crippen molar-refractivity contribution in [2.45, 2.75) is 23.8 Å². The highest BCUT2D eigenvalue weighted by Crippen LogP contribution is 2.31. The number of nitrogens with zero attached hydrogens (tertiary/aromatic N) is 2. The lowest BCUT2D eigenvalue weighted by molar-refractivity contribution is -0.119. The van der Waals surface area contributed by atoms with Gasteiger partial charge in [0.05, 0.1) is 15.1 Å². The van der Waals surface area contributed by atoms with E-state index in [-0.39, 0.29) is 10.8 Å². The topological polar surface area (TPSA) is 79.4 Å². The van der Waals surface area contributed by atoms with Crippen molar-refractivity contribution in [2.75, 3.05) is 11.9 Å². The Morgan fingerprint density at radius 1 is 1.14 bits per heavy atom. The third kappa shape index (κ3) is 3.75. The summed E-state index contributed by atoms with van der Waals surface area (Å²) in [5.41, 5.74) is 0.724. The molecule has 0 spiro atoms. The molecule has 1 amide bonds. The number of carbonyl (C=O) groups is 1. The maximum absolute atomic E-state index is 13.0. The zero-order valence-corrected chi connectivity index (χ0v) is 17.6. The van der Waals surface area contributed by atoms with E-state index >= 15 is 0 Å². The minimum absolute atomic E-state index is 0.117. The fraction of sp³-hybridized carbons (Fsp3) is 0.222. The summed E-state index contributed by atoms with van der Waals surface area (Å²) in [5.74, 6) is -0.389. The second-order valence-electron chi connectivity index (χ2n) is 6.35. The number of hydrogen-bond donors (Lipinski definition) is 1. The molecule has 1 saturated heterocycles. The van der Waals surface area contributed by atoms with E-state index in [0.29, 0.717) is 34.6 Å². The Bertz CT molecular complexity index is 1150. The molecular formula is C18H15Cl2N3O3S2. The number of thiazole rings is 1. The minimum Gasteiger partial charge on any atom is -0.301 e. The molecule has 1 N–H and O–H groups in total. The van der Waals surface area contributed by atoms with E-state index in [1.54, 1.807) is 18.2 Å². The number of hydrogen-bond acceptors (Lipinski definition) is 5. The van der Waals surface area contributed by atoms with Gasteiger partial charge in [-0.05, 0) is 55.3 Å². The van der Waals surface area contributed by atoms with E-state index in [1.165, 1.54) is 39.9 Å². The van der Waals surface area contributed by atoms with Gasteiger partial charge in [-0.1, -0.05) is 34.5 Å². The van der Waals surface area contributed by atoms with Crippen LogP contribution in [-0.4, -0.2) is 36.2 Å². The highest BCUT2D eigenvalue weighted by molar-refractivity contribution is 7.89. The van der Waals surface area contributed by atoms with Crippen LogP contribution in [0.2, 0.25) is 10.0 Å². The zero-order valence-electron chi connectivity index (χ0n) is 14.4. The summed E-state index contributed by atoms with van der Waals surface area (Å²) in [4.78, 5) is 17.3. The highest BCUT2D eigenvalue weighted by atomic mass is 35.5. The molecule has 1 aliphatic heterocycles. The second-order valence-corrected chi connectivity index (χ2v) is 10.1. The van der Waals surface area contributed by atoms with E-state index in [4.69, 9.17) is 23.2 Å².